The lowest BCUT2D eigenvalue weighted by molar-refractivity contribution is 0.0478. The second kappa shape index (κ2) is 8.08. The molecule has 1 atom stereocenters. The molecule has 33 heavy (non-hydrogen) atoms. The molecule has 0 amide bonds. The molecule has 0 radical (unpaired) electrons. The van der Waals surface area contributed by atoms with Gasteiger partial charge in [0.15, 0.2) is 0 Å². The van der Waals surface area contributed by atoms with Gasteiger partial charge in [0.25, 0.3) is 5.56 Å². The van der Waals surface area contributed by atoms with Gasteiger partial charge in [-0.15, -0.1) is 0 Å². The molecule has 0 unspecified atom stereocenters. The number of hydrogen-bond acceptors (Lipinski definition) is 4. The molecule has 5 rings (SSSR count). The van der Waals surface area contributed by atoms with E-state index in [9.17, 15) is 9.59 Å². The maximum absolute atomic E-state index is 13.4. The minimum Gasteiger partial charge on any atom is -0.497 e. The summed E-state index contributed by atoms with van der Waals surface area (Å²) >= 11 is 0. The molecule has 0 saturated heterocycles. The Bertz CT molecular complexity index is 1460. The van der Waals surface area contributed by atoms with Gasteiger partial charge >= 0.3 is 5.69 Å². The number of aryl methyl sites for hydroxylation is 2. The number of methoxy groups -OCH3 is 1. The Kier molecular flexibility index (Phi) is 5.21. The number of ether oxygens (including phenoxy) is 2. The van der Waals surface area contributed by atoms with E-state index >= 15 is 0 Å². The second-order valence-corrected chi connectivity index (χ2v) is 8.39. The predicted octanol–water partition coefficient (Wildman–Crippen LogP) is 3.40. The predicted molar refractivity (Wildman–Crippen MR) is 128 cm³/mol. The molecule has 7 nitrogen and oxygen atoms in total. The molecule has 4 aromatic rings. The third-order valence-electron chi connectivity index (χ3n) is 6.61. The Hall–Kier alpha value is -3.58. The first-order chi connectivity index (χ1) is 16.0. The molecule has 7 heteroatoms. The third-order valence-corrected chi connectivity index (χ3v) is 6.61. The van der Waals surface area contributed by atoms with E-state index in [0.717, 1.165) is 34.7 Å². The van der Waals surface area contributed by atoms with Crippen molar-refractivity contribution in [1.82, 2.24) is 13.7 Å². The molecular formula is C26H27N3O4. The normalized spacial score (nSPS) is 15.6. The zero-order chi connectivity index (χ0) is 23.3. The molecule has 0 fully saturated rings. The quantitative estimate of drug-likeness (QED) is 0.483. The SMILES string of the molecule is CCc1ccc([C@H]2OCCn3c(-c4ccc(OC)cc4)c4c(=O)n(C)c(=O)n(C)c4c32)cc1. The van der Waals surface area contributed by atoms with Crippen LogP contribution in [0.3, 0.4) is 0 Å². The van der Waals surface area contributed by atoms with Crippen molar-refractivity contribution in [3.8, 4) is 17.0 Å². The number of rotatable bonds is 4. The van der Waals surface area contributed by atoms with Crippen LogP contribution in [0.15, 0.2) is 58.1 Å². The molecule has 0 N–H and O–H groups in total. The fourth-order valence-corrected chi connectivity index (χ4v) is 4.81. The van der Waals surface area contributed by atoms with Crippen molar-refractivity contribution in [2.24, 2.45) is 14.1 Å². The van der Waals surface area contributed by atoms with E-state index in [0.29, 0.717) is 24.1 Å². The van der Waals surface area contributed by atoms with Gasteiger partial charge in [0, 0.05) is 20.6 Å². The highest BCUT2D eigenvalue weighted by atomic mass is 16.5. The smallest absolute Gasteiger partial charge is 0.331 e. The summed E-state index contributed by atoms with van der Waals surface area (Å²) in [6.45, 7) is 3.22. The van der Waals surface area contributed by atoms with Gasteiger partial charge in [-0.3, -0.25) is 13.9 Å². The molecule has 2 aromatic heterocycles. The van der Waals surface area contributed by atoms with Crippen LogP contribution in [0, 0.1) is 0 Å². The molecule has 0 spiro atoms. The average Bonchev–Trinajstić information content (AvgIpc) is 3.22. The minimum absolute atomic E-state index is 0.305. The van der Waals surface area contributed by atoms with Crippen molar-refractivity contribution in [3.05, 3.63) is 86.2 Å². The monoisotopic (exact) mass is 445 g/mol. The Morgan fingerprint density at radius 3 is 2.33 bits per heavy atom. The fraction of sp³-hybridized carbons (Fsp3) is 0.308. The topological polar surface area (TPSA) is 67.4 Å². The van der Waals surface area contributed by atoms with Crippen LogP contribution in [0.5, 0.6) is 5.75 Å². The summed E-state index contributed by atoms with van der Waals surface area (Å²) in [5.74, 6) is 0.742. The highest BCUT2D eigenvalue weighted by molar-refractivity contribution is 5.96. The van der Waals surface area contributed by atoms with E-state index in [4.69, 9.17) is 9.47 Å². The van der Waals surface area contributed by atoms with Crippen LogP contribution in [0.2, 0.25) is 0 Å². The molecule has 3 heterocycles. The lowest BCUT2D eigenvalue weighted by Crippen LogP contribution is -2.37. The summed E-state index contributed by atoms with van der Waals surface area (Å²) in [6, 6.07) is 16.0. The molecule has 2 aromatic carbocycles. The molecular weight excluding hydrogens is 418 g/mol. The van der Waals surface area contributed by atoms with E-state index in [-0.39, 0.29) is 17.4 Å². The van der Waals surface area contributed by atoms with Crippen molar-refractivity contribution in [3.63, 3.8) is 0 Å². The highest BCUT2D eigenvalue weighted by Crippen LogP contribution is 2.40. The number of nitrogens with zero attached hydrogens (tertiary/aromatic N) is 3. The van der Waals surface area contributed by atoms with E-state index in [2.05, 4.69) is 35.8 Å². The number of aromatic nitrogens is 3. The summed E-state index contributed by atoms with van der Waals surface area (Å²) in [7, 11) is 4.87. The first kappa shape index (κ1) is 21.3. The van der Waals surface area contributed by atoms with E-state index in [1.807, 2.05) is 24.3 Å². The number of benzene rings is 2. The second-order valence-electron chi connectivity index (χ2n) is 8.39. The van der Waals surface area contributed by atoms with Crippen LogP contribution in [-0.4, -0.2) is 27.4 Å². The van der Waals surface area contributed by atoms with Gasteiger partial charge in [0.1, 0.15) is 11.9 Å². The zero-order valence-electron chi connectivity index (χ0n) is 19.3. The molecule has 1 aliphatic rings. The Morgan fingerprint density at radius 2 is 1.70 bits per heavy atom. The largest absolute Gasteiger partial charge is 0.497 e. The third kappa shape index (κ3) is 3.23. The Morgan fingerprint density at radius 1 is 1.00 bits per heavy atom. The summed E-state index contributed by atoms with van der Waals surface area (Å²) in [5.41, 5.74) is 4.74. The molecule has 0 aliphatic carbocycles. The van der Waals surface area contributed by atoms with Crippen LogP contribution in [0.1, 0.15) is 29.8 Å². The van der Waals surface area contributed by atoms with E-state index < -0.39 is 0 Å². The summed E-state index contributed by atoms with van der Waals surface area (Å²) in [4.78, 5) is 26.3. The zero-order valence-corrected chi connectivity index (χ0v) is 19.3. The summed E-state index contributed by atoms with van der Waals surface area (Å²) in [6.07, 6.45) is 0.578. The first-order valence-electron chi connectivity index (χ1n) is 11.1. The maximum Gasteiger partial charge on any atom is 0.331 e. The summed E-state index contributed by atoms with van der Waals surface area (Å²) < 4.78 is 16.5. The van der Waals surface area contributed by atoms with Gasteiger partial charge < -0.3 is 14.0 Å². The van der Waals surface area contributed by atoms with E-state index in [1.54, 1.807) is 18.7 Å². The molecule has 170 valence electrons. The molecule has 0 bridgehead atoms. The first-order valence-corrected chi connectivity index (χ1v) is 11.1. The van der Waals surface area contributed by atoms with Crippen molar-refractivity contribution in [2.75, 3.05) is 13.7 Å². The highest BCUT2D eigenvalue weighted by Gasteiger charge is 2.33. The van der Waals surface area contributed by atoms with Crippen molar-refractivity contribution < 1.29 is 9.47 Å². The summed E-state index contributed by atoms with van der Waals surface area (Å²) in [5, 5.41) is 0.528. The van der Waals surface area contributed by atoms with Gasteiger partial charge in [-0.25, -0.2) is 4.79 Å². The number of fused-ring (bicyclic) bond motifs is 3. The van der Waals surface area contributed by atoms with Crippen LogP contribution >= 0.6 is 0 Å². The van der Waals surface area contributed by atoms with Crippen LogP contribution < -0.4 is 16.0 Å². The molecule has 0 saturated carbocycles. The van der Waals surface area contributed by atoms with Crippen LogP contribution in [-0.2, 0) is 31.8 Å². The van der Waals surface area contributed by atoms with Gasteiger partial charge in [0.05, 0.1) is 36.0 Å². The molecule has 1 aliphatic heterocycles. The van der Waals surface area contributed by atoms with Gasteiger partial charge in [-0.2, -0.15) is 0 Å². The van der Waals surface area contributed by atoms with E-state index in [1.165, 1.54) is 17.2 Å². The van der Waals surface area contributed by atoms with Gasteiger partial charge in [0.2, 0.25) is 0 Å². The lowest BCUT2D eigenvalue weighted by atomic mass is 10.0. The average molecular weight is 446 g/mol. The standard InChI is InChI=1S/C26H27N3O4/c1-5-16-6-8-18(9-7-16)24-23-22-20(25(30)28(3)26(31)27(22)2)21(29(23)14-15-33-24)17-10-12-19(32-4)13-11-17/h6-13,24H,5,14-15H2,1-4H3/t24-/m1/s1. The lowest BCUT2D eigenvalue weighted by Gasteiger charge is -2.28. The number of hydrogen-bond donors (Lipinski definition) is 0. The van der Waals surface area contributed by atoms with Crippen LogP contribution in [0.4, 0.5) is 0 Å². The van der Waals surface area contributed by atoms with Crippen LogP contribution in [0.25, 0.3) is 22.2 Å². The van der Waals surface area contributed by atoms with Gasteiger partial charge in [-0.1, -0.05) is 31.2 Å². The minimum atomic E-state index is -0.378. The Balaban J connectivity index is 1.87. The van der Waals surface area contributed by atoms with Crippen molar-refractivity contribution >= 4 is 10.9 Å². The Labute approximate surface area is 191 Å². The van der Waals surface area contributed by atoms with Crippen molar-refractivity contribution in [2.45, 2.75) is 26.0 Å². The maximum atomic E-state index is 13.4. The van der Waals surface area contributed by atoms with Gasteiger partial charge in [-0.05, 0) is 47.4 Å². The van der Waals surface area contributed by atoms with Crippen molar-refractivity contribution in [1.29, 1.82) is 0 Å². The fourth-order valence-electron chi connectivity index (χ4n) is 4.81.